The molecule has 5 rings (SSSR count). The second-order valence-electron chi connectivity index (χ2n) is 8.74. The predicted octanol–water partition coefficient (Wildman–Crippen LogP) is 2.92. The van der Waals surface area contributed by atoms with Crippen LogP contribution in [0.2, 0.25) is 13.1 Å². The molecule has 3 heterocycles. The molecule has 3 aromatic rings. The molecular formula is C25H23N3O2SSeSi. The molecule has 0 saturated carbocycles. The molecule has 2 amide bonds. The molecule has 166 valence electrons. The zero-order valence-corrected chi connectivity index (χ0v) is 22.4. The maximum atomic E-state index is 12.8. The number of carbonyl (C=O) groups is 2. The molecule has 1 fully saturated rings. The van der Waals surface area contributed by atoms with Crippen LogP contribution in [-0.2, 0) is 9.59 Å². The first-order valence-electron chi connectivity index (χ1n) is 10.6. The van der Waals surface area contributed by atoms with Gasteiger partial charge in [-0.2, -0.15) is 0 Å². The monoisotopic (exact) mass is 537 g/mol. The number of hydrogen-bond acceptors (Lipinski definition) is 4. The molecule has 1 saturated heterocycles. The van der Waals surface area contributed by atoms with Gasteiger partial charge in [-0.25, -0.2) is 0 Å². The van der Waals surface area contributed by atoms with Crippen molar-refractivity contribution in [1.82, 2.24) is 9.80 Å². The summed E-state index contributed by atoms with van der Waals surface area (Å²) in [4.78, 5) is 31.6. The Labute approximate surface area is 206 Å². The van der Waals surface area contributed by atoms with Gasteiger partial charge in [-0.3, -0.25) is 0 Å². The minimum absolute atomic E-state index is 0.167. The molecule has 0 bridgehead atoms. The Kier molecular flexibility index (Phi) is 5.29. The van der Waals surface area contributed by atoms with Gasteiger partial charge in [0.1, 0.15) is 0 Å². The fraction of sp³-hybridized carbons (Fsp3) is 0.160. The molecule has 2 aliphatic rings. The first-order chi connectivity index (χ1) is 15.7. The van der Waals surface area contributed by atoms with Gasteiger partial charge in [0, 0.05) is 0 Å². The summed E-state index contributed by atoms with van der Waals surface area (Å²) in [6, 6.07) is 21.3. The minimum atomic E-state index is -1.83. The van der Waals surface area contributed by atoms with Crippen molar-refractivity contribution >= 4 is 84.3 Å². The number of likely N-dealkylation sites (N-methyl/N-ethyl adjacent to an activating group) is 2. The third-order valence-electron chi connectivity index (χ3n) is 6.40. The molecule has 0 radical (unpaired) electrons. The number of rotatable bonds is 2. The van der Waals surface area contributed by atoms with E-state index in [4.69, 9.17) is 0 Å². The van der Waals surface area contributed by atoms with E-state index in [-0.39, 0.29) is 17.4 Å². The van der Waals surface area contributed by atoms with Gasteiger partial charge in [0.2, 0.25) is 0 Å². The Hall–Kier alpha value is -2.77. The fourth-order valence-corrected chi connectivity index (χ4v) is 8.88. The Balaban J connectivity index is 1.61. The van der Waals surface area contributed by atoms with Crippen molar-refractivity contribution in [2.75, 3.05) is 19.0 Å². The first-order valence-corrected chi connectivity index (χ1v) is 15.3. The molecule has 0 spiro atoms. The average molecular weight is 537 g/mol. The van der Waals surface area contributed by atoms with Crippen LogP contribution in [0.5, 0.6) is 0 Å². The topological polar surface area (TPSA) is 43.9 Å². The summed E-state index contributed by atoms with van der Waals surface area (Å²) in [5.41, 5.74) is 2.58. The molecule has 5 nitrogen and oxygen atoms in total. The van der Waals surface area contributed by atoms with Crippen LogP contribution in [0.1, 0.15) is 4.88 Å². The van der Waals surface area contributed by atoms with E-state index in [1.165, 1.54) is 31.5 Å². The van der Waals surface area contributed by atoms with Crippen LogP contribution in [0.4, 0.5) is 16.4 Å². The number of benzene rings is 2. The van der Waals surface area contributed by atoms with Crippen molar-refractivity contribution in [3.8, 4) is 0 Å². The van der Waals surface area contributed by atoms with Crippen LogP contribution in [-0.4, -0.2) is 64.0 Å². The number of thiophene rings is 1. The van der Waals surface area contributed by atoms with E-state index in [1.54, 1.807) is 31.5 Å². The molecule has 2 aliphatic heterocycles. The van der Waals surface area contributed by atoms with Gasteiger partial charge in [-0.15, -0.1) is 0 Å². The summed E-state index contributed by atoms with van der Waals surface area (Å²) >= 11 is 4.37. The summed E-state index contributed by atoms with van der Waals surface area (Å²) in [6.07, 6.45) is 1.71. The quantitative estimate of drug-likeness (QED) is 0.288. The number of carbonyl (C=O) groups excluding carboxylic acids is 2. The van der Waals surface area contributed by atoms with Crippen LogP contribution in [0, 0.1) is 0 Å². The van der Waals surface area contributed by atoms with Crippen molar-refractivity contribution < 1.29 is 9.59 Å². The Bertz CT molecular complexity index is 1290. The van der Waals surface area contributed by atoms with Crippen LogP contribution in [0.15, 0.2) is 66.2 Å². The van der Waals surface area contributed by atoms with Crippen LogP contribution in [0.3, 0.4) is 0 Å². The van der Waals surface area contributed by atoms with Gasteiger partial charge in [0.05, 0.1) is 0 Å². The zero-order valence-electron chi connectivity index (χ0n) is 18.8. The summed E-state index contributed by atoms with van der Waals surface area (Å²) in [6.45, 7) is 4.80. The molecule has 8 heteroatoms. The molecule has 1 aromatic heterocycles. The Morgan fingerprint density at radius 3 is 1.88 bits per heavy atom. The fourth-order valence-electron chi connectivity index (χ4n) is 4.56. The molecule has 0 unspecified atom stereocenters. The van der Waals surface area contributed by atoms with E-state index in [0.29, 0.717) is 4.67 Å². The number of nitrogens with zero attached hydrogens (tertiary/aromatic N) is 3. The van der Waals surface area contributed by atoms with Crippen molar-refractivity contribution in [3.63, 3.8) is 0 Å². The molecule has 0 atom stereocenters. The third kappa shape index (κ3) is 3.37. The van der Waals surface area contributed by atoms with Gasteiger partial charge >= 0.3 is 182 Å². The van der Waals surface area contributed by atoms with Crippen LogP contribution >= 0.6 is 11.3 Å². The summed E-state index contributed by atoms with van der Waals surface area (Å²) in [5, 5.41) is 3.86. The summed E-state index contributed by atoms with van der Waals surface area (Å²) in [7, 11) is 1.50. The van der Waals surface area contributed by atoms with E-state index in [1.807, 2.05) is 6.07 Å². The SMILES string of the molecule is CN1C(=O)C(=Cc2ccc(N3c4ccccc4[Si](C)(C)c4ccccc43)s2)C(=O)N(C)C1=[Se]. The Morgan fingerprint density at radius 1 is 0.818 bits per heavy atom. The first kappa shape index (κ1) is 22.0. The van der Waals surface area contributed by atoms with Gasteiger partial charge < -0.3 is 0 Å². The third-order valence-corrected chi connectivity index (χ3v) is 12.1. The summed E-state index contributed by atoms with van der Waals surface area (Å²) < 4.78 is 0.502. The van der Waals surface area contributed by atoms with Gasteiger partial charge in [-0.1, -0.05) is 25.2 Å². The average Bonchev–Trinajstić information content (AvgIpc) is 3.28. The number of para-hydroxylation sites is 2. The molecule has 2 aromatic carbocycles. The van der Waals surface area contributed by atoms with E-state index < -0.39 is 8.07 Å². The normalized spacial score (nSPS) is 17.3. The van der Waals surface area contributed by atoms with Gasteiger partial charge in [0.25, 0.3) is 0 Å². The van der Waals surface area contributed by atoms with Gasteiger partial charge in [0.15, 0.2) is 0 Å². The second-order valence-corrected chi connectivity index (χ2v) is 14.9. The molecule has 33 heavy (non-hydrogen) atoms. The van der Waals surface area contributed by atoms with Gasteiger partial charge in [-0.05, 0) is 0 Å². The molecular weight excluding hydrogens is 513 g/mol. The number of hydrogen-bond donors (Lipinski definition) is 0. The van der Waals surface area contributed by atoms with E-state index in [2.05, 4.69) is 88.2 Å². The number of fused-ring (bicyclic) bond motifs is 2. The zero-order chi connectivity index (χ0) is 23.5. The van der Waals surface area contributed by atoms with Crippen molar-refractivity contribution in [3.05, 3.63) is 71.1 Å². The molecule has 0 aliphatic carbocycles. The van der Waals surface area contributed by atoms with E-state index in [0.717, 1.165) is 9.88 Å². The predicted molar refractivity (Wildman–Crippen MR) is 140 cm³/mol. The van der Waals surface area contributed by atoms with E-state index in [9.17, 15) is 9.59 Å². The molecule has 0 N–H and O–H groups in total. The second kappa shape index (κ2) is 7.92. The van der Waals surface area contributed by atoms with E-state index >= 15 is 0 Å². The van der Waals surface area contributed by atoms with Crippen LogP contribution in [0.25, 0.3) is 6.08 Å². The maximum absolute atomic E-state index is 12.8. The van der Waals surface area contributed by atoms with Crippen molar-refractivity contribution in [1.29, 1.82) is 0 Å². The standard InChI is InChI=1S/C25H23N3O2SSeSi/c1-26-23(29)17(24(30)27(2)25(26)32)15-16-13-14-22(31-16)28-18-9-5-7-11-20(18)33(3,4)21-12-8-6-10-19(21)28/h5-15H,1-4H3. The van der Waals surface area contributed by atoms with Crippen molar-refractivity contribution in [2.45, 2.75) is 13.1 Å². The Morgan fingerprint density at radius 2 is 1.33 bits per heavy atom. The van der Waals surface area contributed by atoms with Crippen molar-refractivity contribution in [2.24, 2.45) is 0 Å². The van der Waals surface area contributed by atoms with Crippen LogP contribution < -0.4 is 15.3 Å². The summed E-state index contributed by atoms with van der Waals surface area (Å²) in [5.74, 6) is -0.605. The number of amides is 2. The number of anilines is 3.